The summed E-state index contributed by atoms with van der Waals surface area (Å²) in [6.07, 6.45) is 5.95. The van der Waals surface area contributed by atoms with Gasteiger partial charge in [0.05, 0.1) is 0 Å². The maximum absolute atomic E-state index is 13.5. The standard InChI is InChI=1S/C28H47N3O4/c1-8-11-12-13-19-31(24(32)20-29-27(34)35-28(5,6)7)25(26(33)30-21(4)14-9-2)23-17-15-22(10-3)16-18-23/h15-18,21,25H,8-14,19-20H2,1-7H3,(H,29,34)(H,30,33). The Balaban J connectivity index is 3.22. The second-order valence-corrected chi connectivity index (χ2v) is 10.2. The molecule has 0 saturated heterocycles. The van der Waals surface area contributed by atoms with E-state index < -0.39 is 17.7 Å². The number of amides is 3. The Hall–Kier alpha value is -2.57. The molecule has 7 nitrogen and oxygen atoms in total. The van der Waals surface area contributed by atoms with E-state index in [4.69, 9.17) is 4.74 Å². The molecule has 0 aliphatic heterocycles. The summed E-state index contributed by atoms with van der Waals surface area (Å²) in [5, 5.41) is 5.66. The van der Waals surface area contributed by atoms with E-state index in [9.17, 15) is 14.4 Å². The summed E-state index contributed by atoms with van der Waals surface area (Å²) in [6, 6.07) is 7.10. The molecule has 0 saturated carbocycles. The minimum atomic E-state index is -0.769. The summed E-state index contributed by atoms with van der Waals surface area (Å²) in [4.78, 5) is 40.7. The number of carbonyl (C=O) groups excluding carboxylic acids is 3. The SMILES string of the molecule is CCCCCCN(C(=O)CNC(=O)OC(C)(C)C)C(C(=O)NC(C)CCC)c1ccc(CC)cc1. The summed E-state index contributed by atoms with van der Waals surface area (Å²) >= 11 is 0. The van der Waals surface area contributed by atoms with Crippen LogP contribution in [0.3, 0.4) is 0 Å². The van der Waals surface area contributed by atoms with E-state index in [-0.39, 0.29) is 24.4 Å². The number of rotatable bonds is 14. The fraction of sp³-hybridized carbons (Fsp3) is 0.679. The van der Waals surface area contributed by atoms with Crippen LogP contribution in [-0.4, -0.2) is 47.5 Å². The van der Waals surface area contributed by atoms with Gasteiger partial charge in [-0.25, -0.2) is 4.79 Å². The highest BCUT2D eigenvalue weighted by Crippen LogP contribution is 2.24. The molecule has 0 aromatic heterocycles. The zero-order valence-corrected chi connectivity index (χ0v) is 22.9. The Morgan fingerprint density at radius 1 is 0.971 bits per heavy atom. The lowest BCUT2D eigenvalue weighted by molar-refractivity contribution is -0.140. The second-order valence-electron chi connectivity index (χ2n) is 10.2. The molecule has 0 spiro atoms. The van der Waals surface area contributed by atoms with Crippen molar-refractivity contribution in [2.24, 2.45) is 0 Å². The first-order valence-corrected chi connectivity index (χ1v) is 13.2. The van der Waals surface area contributed by atoms with Gasteiger partial charge in [-0.15, -0.1) is 0 Å². The Labute approximate surface area is 212 Å². The van der Waals surface area contributed by atoms with Crippen LogP contribution in [0.5, 0.6) is 0 Å². The van der Waals surface area contributed by atoms with Crippen LogP contribution in [0.25, 0.3) is 0 Å². The zero-order chi connectivity index (χ0) is 26.4. The van der Waals surface area contributed by atoms with Gasteiger partial charge in [0.2, 0.25) is 11.8 Å². The molecule has 1 rings (SSSR count). The van der Waals surface area contributed by atoms with Gasteiger partial charge in [-0.05, 0) is 58.1 Å². The lowest BCUT2D eigenvalue weighted by atomic mass is 10.00. The van der Waals surface area contributed by atoms with E-state index in [0.717, 1.165) is 50.5 Å². The van der Waals surface area contributed by atoms with E-state index in [1.165, 1.54) is 5.56 Å². The molecule has 0 radical (unpaired) electrons. The highest BCUT2D eigenvalue weighted by atomic mass is 16.6. The molecule has 3 amide bonds. The van der Waals surface area contributed by atoms with Crippen molar-refractivity contribution in [1.82, 2.24) is 15.5 Å². The Morgan fingerprint density at radius 3 is 2.17 bits per heavy atom. The maximum atomic E-state index is 13.5. The normalized spacial score (nSPS) is 13.0. The molecule has 0 heterocycles. The first kappa shape index (κ1) is 30.5. The number of unbranched alkanes of at least 4 members (excludes halogenated alkanes) is 3. The van der Waals surface area contributed by atoms with E-state index in [1.807, 2.05) is 31.2 Å². The van der Waals surface area contributed by atoms with Crippen LogP contribution in [0, 0.1) is 0 Å². The maximum Gasteiger partial charge on any atom is 0.408 e. The number of alkyl carbamates (subject to hydrolysis) is 1. The third kappa shape index (κ3) is 11.6. The summed E-state index contributed by atoms with van der Waals surface area (Å²) < 4.78 is 5.28. The van der Waals surface area contributed by atoms with Crippen LogP contribution in [0.15, 0.2) is 24.3 Å². The topological polar surface area (TPSA) is 87.7 Å². The molecule has 2 atom stereocenters. The first-order valence-electron chi connectivity index (χ1n) is 13.2. The highest BCUT2D eigenvalue weighted by Gasteiger charge is 2.32. The van der Waals surface area contributed by atoms with Gasteiger partial charge in [-0.2, -0.15) is 0 Å². The quantitative estimate of drug-likeness (QED) is 0.336. The second kappa shape index (κ2) is 15.4. The smallest absolute Gasteiger partial charge is 0.408 e. The van der Waals surface area contributed by atoms with E-state index in [2.05, 4.69) is 31.4 Å². The van der Waals surface area contributed by atoms with Gasteiger partial charge in [0, 0.05) is 12.6 Å². The number of ether oxygens (including phenoxy) is 1. The fourth-order valence-corrected chi connectivity index (χ4v) is 3.91. The van der Waals surface area contributed by atoms with Crippen molar-refractivity contribution in [3.05, 3.63) is 35.4 Å². The molecule has 35 heavy (non-hydrogen) atoms. The number of carbonyl (C=O) groups is 3. The molecule has 0 aliphatic rings. The van der Waals surface area contributed by atoms with Gasteiger partial charge in [0.15, 0.2) is 0 Å². The Kier molecular flexibility index (Phi) is 13.4. The van der Waals surface area contributed by atoms with Crippen LogP contribution in [0.1, 0.15) is 104 Å². The molecule has 198 valence electrons. The summed E-state index contributed by atoms with van der Waals surface area (Å²) in [5.41, 5.74) is 1.27. The largest absolute Gasteiger partial charge is 0.444 e. The van der Waals surface area contributed by atoms with Crippen LogP contribution in [-0.2, 0) is 20.7 Å². The van der Waals surface area contributed by atoms with E-state index in [0.29, 0.717) is 6.54 Å². The lowest BCUT2D eigenvalue weighted by Crippen LogP contribution is -2.49. The predicted molar refractivity (Wildman–Crippen MR) is 141 cm³/mol. The Bertz CT molecular complexity index is 786. The molecule has 0 bridgehead atoms. The monoisotopic (exact) mass is 489 g/mol. The van der Waals surface area contributed by atoms with Crippen LogP contribution in [0.2, 0.25) is 0 Å². The van der Waals surface area contributed by atoms with Crippen molar-refractivity contribution in [2.75, 3.05) is 13.1 Å². The van der Waals surface area contributed by atoms with Crippen molar-refractivity contribution in [1.29, 1.82) is 0 Å². The highest BCUT2D eigenvalue weighted by molar-refractivity contribution is 5.90. The van der Waals surface area contributed by atoms with Crippen molar-refractivity contribution in [2.45, 2.75) is 111 Å². The fourth-order valence-electron chi connectivity index (χ4n) is 3.91. The average Bonchev–Trinajstić information content (AvgIpc) is 2.78. The first-order chi connectivity index (χ1) is 16.5. The third-order valence-electron chi connectivity index (χ3n) is 5.73. The van der Waals surface area contributed by atoms with Crippen molar-refractivity contribution in [3.63, 3.8) is 0 Å². The molecule has 2 unspecified atom stereocenters. The third-order valence-corrected chi connectivity index (χ3v) is 5.73. The number of nitrogens with one attached hydrogen (secondary N) is 2. The number of hydrogen-bond acceptors (Lipinski definition) is 4. The van der Waals surface area contributed by atoms with Crippen molar-refractivity contribution in [3.8, 4) is 0 Å². The number of hydrogen-bond donors (Lipinski definition) is 2. The van der Waals surface area contributed by atoms with E-state index in [1.54, 1.807) is 25.7 Å². The van der Waals surface area contributed by atoms with Gasteiger partial charge >= 0.3 is 6.09 Å². The summed E-state index contributed by atoms with van der Waals surface area (Å²) in [5.74, 6) is -0.508. The molecule has 0 aliphatic carbocycles. The zero-order valence-electron chi connectivity index (χ0n) is 22.9. The minimum absolute atomic E-state index is 0.00171. The molecule has 1 aromatic carbocycles. The summed E-state index contributed by atoms with van der Waals surface area (Å²) in [6.45, 7) is 13.8. The molecule has 1 aromatic rings. The molecule has 0 fully saturated rings. The number of aryl methyl sites for hydroxylation is 1. The van der Waals surface area contributed by atoms with Crippen molar-refractivity contribution < 1.29 is 19.1 Å². The van der Waals surface area contributed by atoms with Crippen LogP contribution in [0.4, 0.5) is 4.79 Å². The van der Waals surface area contributed by atoms with Gasteiger partial charge in [0.25, 0.3) is 0 Å². The van der Waals surface area contributed by atoms with Gasteiger partial charge < -0.3 is 20.3 Å². The predicted octanol–water partition coefficient (Wildman–Crippen LogP) is 5.53. The van der Waals surface area contributed by atoms with Crippen molar-refractivity contribution >= 4 is 17.9 Å². The Morgan fingerprint density at radius 2 is 1.63 bits per heavy atom. The lowest BCUT2D eigenvalue weighted by Gasteiger charge is -2.32. The summed E-state index contributed by atoms with van der Waals surface area (Å²) in [7, 11) is 0. The average molecular weight is 490 g/mol. The molecule has 7 heteroatoms. The molecule has 2 N–H and O–H groups in total. The van der Waals surface area contributed by atoms with Crippen LogP contribution >= 0.6 is 0 Å². The molecular weight excluding hydrogens is 442 g/mol. The van der Waals surface area contributed by atoms with Gasteiger partial charge in [-0.1, -0.05) is 70.7 Å². The van der Waals surface area contributed by atoms with Gasteiger partial charge in [-0.3, -0.25) is 9.59 Å². The minimum Gasteiger partial charge on any atom is -0.444 e. The number of nitrogens with zero attached hydrogens (tertiary/aromatic N) is 1. The molecular formula is C28H47N3O4. The van der Waals surface area contributed by atoms with Gasteiger partial charge in [0.1, 0.15) is 18.2 Å². The van der Waals surface area contributed by atoms with E-state index >= 15 is 0 Å². The van der Waals surface area contributed by atoms with Crippen LogP contribution < -0.4 is 10.6 Å². The number of benzene rings is 1.